The molecule has 0 radical (unpaired) electrons. The zero-order valence-corrected chi connectivity index (χ0v) is 11.9. The fourth-order valence-electron chi connectivity index (χ4n) is 2.27. The number of hydrogen-bond donors (Lipinski definition) is 1. The quantitative estimate of drug-likeness (QED) is 0.690. The van der Waals surface area contributed by atoms with Gasteiger partial charge in [-0.2, -0.15) is 0 Å². The second-order valence-corrected chi connectivity index (χ2v) is 5.18. The van der Waals surface area contributed by atoms with Crippen LogP contribution in [0, 0.1) is 12.7 Å². The lowest BCUT2D eigenvalue weighted by Crippen LogP contribution is -1.92. The number of nitrogen functional groups attached to an aromatic ring is 1. The maximum Gasteiger partial charge on any atom is 0.146 e. The van der Waals surface area contributed by atoms with Crippen molar-refractivity contribution in [2.75, 3.05) is 5.73 Å². The van der Waals surface area contributed by atoms with Gasteiger partial charge in [0.1, 0.15) is 11.6 Å². The number of aromatic nitrogens is 2. The highest BCUT2D eigenvalue weighted by Crippen LogP contribution is 2.33. The normalized spacial score (nSPS) is 11.2. The summed E-state index contributed by atoms with van der Waals surface area (Å²) in [7, 11) is 1.96. The summed E-state index contributed by atoms with van der Waals surface area (Å²) in [5.41, 5.74) is 8.87. The van der Waals surface area contributed by atoms with Crippen LogP contribution in [0.4, 0.5) is 10.1 Å². The molecule has 5 heteroatoms. The van der Waals surface area contributed by atoms with E-state index in [2.05, 4.69) is 4.98 Å². The van der Waals surface area contributed by atoms with Crippen molar-refractivity contribution in [3.63, 3.8) is 0 Å². The van der Waals surface area contributed by atoms with Crippen molar-refractivity contribution in [2.45, 2.75) is 6.92 Å². The smallest absolute Gasteiger partial charge is 0.146 e. The maximum atomic E-state index is 13.6. The molecule has 0 fully saturated rings. The zero-order chi connectivity index (χ0) is 14.4. The number of hydrogen-bond acceptors (Lipinski definition) is 2. The average Bonchev–Trinajstić information content (AvgIpc) is 2.69. The van der Waals surface area contributed by atoms with Crippen LogP contribution in [0.1, 0.15) is 5.82 Å². The van der Waals surface area contributed by atoms with Gasteiger partial charge in [-0.25, -0.2) is 9.37 Å². The molecular formula is C15H13ClFN3. The standard InChI is InChI=1S/C15H13ClFN3/c1-8-19-14-5-9(3-4-15(14)20(8)2)10-6-12(17)13(18)7-11(10)16/h3-7H,18H2,1-2H3. The van der Waals surface area contributed by atoms with E-state index in [1.54, 1.807) is 0 Å². The molecule has 3 rings (SSSR count). The SMILES string of the molecule is Cc1nc2cc(-c3cc(F)c(N)cc3Cl)ccc2n1C. The van der Waals surface area contributed by atoms with Crippen LogP contribution in [0.3, 0.4) is 0 Å². The van der Waals surface area contributed by atoms with Crippen molar-refractivity contribution in [3.05, 3.63) is 47.0 Å². The van der Waals surface area contributed by atoms with Gasteiger partial charge in [0, 0.05) is 12.6 Å². The summed E-state index contributed by atoms with van der Waals surface area (Å²) >= 11 is 6.15. The third-order valence-corrected chi connectivity index (χ3v) is 3.81. The zero-order valence-electron chi connectivity index (χ0n) is 11.1. The summed E-state index contributed by atoms with van der Waals surface area (Å²) in [4.78, 5) is 4.47. The molecular weight excluding hydrogens is 277 g/mol. The van der Waals surface area contributed by atoms with Crippen molar-refractivity contribution < 1.29 is 4.39 Å². The van der Waals surface area contributed by atoms with Gasteiger partial charge in [-0.05, 0) is 36.8 Å². The number of anilines is 1. The average molecular weight is 290 g/mol. The Hall–Kier alpha value is -2.07. The van der Waals surface area contributed by atoms with E-state index >= 15 is 0 Å². The number of fused-ring (bicyclic) bond motifs is 1. The van der Waals surface area contributed by atoms with Crippen LogP contribution in [0.5, 0.6) is 0 Å². The van der Waals surface area contributed by atoms with E-state index in [4.69, 9.17) is 17.3 Å². The van der Waals surface area contributed by atoms with Gasteiger partial charge in [-0.15, -0.1) is 0 Å². The van der Waals surface area contributed by atoms with Crippen molar-refractivity contribution in [3.8, 4) is 11.1 Å². The van der Waals surface area contributed by atoms with E-state index in [0.717, 1.165) is 22.4 Å². The third kappa shape index (κ3) is 1.93. The molecule has 1 heterocycles. The first-order valence-corrected chi connectivity index (χ1v) is 6.53. The highest BCUT2D eigenvalue weighted by molar-refractivity contribution is 6.33. The van der Waals surface area contributed by atoms with Crippen LogP contribution in [-0.2, 0) is 7.05 Å². The molecule has 0 atom stereocenters. The van der Waals surface area contributed by atoms with Gasteiger partial charge < -0.3 is 10.3 Å². The predicted octanol–water partition coefficient (Wildman–Crippen LogP) is 3.92. The van der Waals surface area contributed by atoms with Crippen molar-refractivity contribution >= 4 is 28.3 Å². The Kier molecular flexibility index (Phi) is 2.91. The van der Waals surface area contributed by atoms with Gasteiger partial charge in [0.15, 0.2) is 0 Å². The molecule has 0 aliphatic rings. The lowest BCUT2D eigenvalue weighted by molar-refractivity contribution is 0.633. The molecule has 0 bridgehead atoms. The number of nitrogens with zero attached hydrogens (tertiary/aromatic N) is 2. The summed E-state index contributed by atoms with van der Waals surface area (Å²) in [6, 6.07) is 8.55. The summed E-state index contributed by atoms with van der Waals surface area (Å²) in [5, 5.41) is 0.427. The van der Waals surface area contributed by atoms with E-state index in [0.29, 0.717) is 10.6 Å². The van der Waals surface area contributed by atoms with Crippen LogP contribution in [-0.4, -0.2) is 9.55 Å². The molecule has 0 aliphatic heterocycles. The van der Waals surface area contributed by atoms with E-state index in [1.165, 1.54) is 12.1 Å². The molecule has 2 aromatic carbocycles. The Morgan fingerprint density at radius 2 is 2.00 bits per heavy atom. The second-order valence-electron chi connectivity index (χ2n) is 4.78. The number of nitrogens with two attached hydrogens (primary N) is 1. The van der Waals surface area contributed by atoms with E-state index in [9.17, 15) is 4.39 Å². The molecule has 20 heavy (non-hydrogen) atoms. The van der Waals surface area contributed by atoms with Gasteiger partial charge in [0.05, 0.1) is 21.7 Å². The van der Waals surface area contributed by atoms with Crippen molar-refractivity contribution in [2.24, 2.45) is 7.05 Å². The molecule has 0 saturated carbocycles. The van der Waals surface area contributed by atoms with Crippen LogP contribution >= 0.6 is 11.6 Å². The minimum atomic E-state index is -0.471. The molecule has 0 aliphatic carbocycles. The fourth-order valence-corrected chi connectivity index (χ4v) is 2.55. The van der Waals surface area contributed by atoms with Crippen LogP contribution in [0.25, 0.3) is 22.2 Å². The molecule has 0 amide bonds. The summed E-state index contributed by atoms with van der Waals surface area (Å²) in [6.07, 6.45) is 0. The summed E-state index contributed by atoms with van der Waals surface area (Å²) in [6.45, 7) is 1.94. The first-order chi connectivity index (χ1) is 9.47. The number of aryl methyl sites for hydroxylation is 2. The lowest BCUT2D eigenvalue weighted by Gasteiger charge is -2.07. The highest BCUT2D eigenvalue weighted by Gasteiger charge is 2.11. The fraction of sp³-hybridized carbons (Fsp3) is 0.133. The lowest BCUT2D eigenvalue weighted by atomic mass is 10.0. The molecule has 2 N–H and O–H groups in total. The van der Waals surface area contributed by atoms with Crippen molar-refractivity contribution in [1.82, 2.24) is 9.55 Å². The summed E-state index contributed by atoms with van der Waals surface area (Å²) in [5.74, 6) is 0.452. The van der Waals surface area contributed by atoms with Crippen LogP contribution < -0.4 is 5.73 Å². The predicted molar refractivity (Wildman–Crippen MR) is 80.3 cm³/mol. The Labute approximate surface area is 120 Å². The molecule has 102 valence electrons. The molecule has 3 nitrogen and oxygen atoms in total. The number of rotatable bonds is 1. The Morgan fingerprint density at radius 3 is 2.75 bits per heavy atom. The molecule has 0 unspecified atom stereocenters. The van der Waals surface area contributed by atoms with Gasteiger partial charge in [-0.3, -0.25) is 0 Å². The minimum Gasteiger partial charge on any atom is -0.396 e. The molecule has 1 aromatic heterocycles. The topological polar surface area (TPSA) is 43.8 Å². The number of halogens is 2. The Balaban J connectivity index is 2.22. The highest BCUT2D eigenvalue weighted by atomic mass is 35.5. The van der Waals surface area contributed by atoms with Gasteiger partial charge in [-0.1, -0.05) is 17.7 Å². The first-order valence-electron chi connectivity index (χ1n) is 6.15. The minimum absolute atomic E-state index is 0.0495. The number of imidazole rings is 1. The molecule has 3 aromatic rings. The molecule has 0 saturated heterocycles. The number of benzene rings is 2. The van der Waals surface area contributed by atoms with Crippen LogP contribution in [0.2, 0.25) is 5.02 Å². The monoisotopic (exact) mass is 289 g/mol. The third-order valence-electron chi connectivity index (χ3n) is 3.50. The van der Waals surface area contributed by atoms with Gasteiger partial charge >= 0.3 is 0 Å². The molecule has 0 spiro atoms. The van der Waals surface area contributed by atoms with Gasteiger partial charge in [0.2, 0.25) is 0 Å². The van der Waals surface area contributed by atoms with Crippen molar-refractivity contribution in [1.29, 1.82) is 0 Å². The van der Waals surface area contributed by atoms with Crippen LogP contribution in [0.15, 0.2) is 30.3 Å². The maximum absolute atomic E-state index is 13.6. The van der Waals surface area contributed by atoms with Gasteiger partial charge in [0.25, 0.3) is 0 Å². The van der Waals surface area contributed by atoms with E-state index < -0.39 is 5.82 Å². The Morgan fingerprint density at radius 1 is 1.25 bits per heavy atom. The summed E-state index contributed by atoms with van der Waals surface area (Å²) < 4.78 is 15.6. The second kappa shape index (κ2) is 4.49. The Bertz CT molecular complexity index is 824. The van der Waals surface area contributed by atoms with E-state index in [-0.39, 0.29) is 5.69 Å². The first kappa shape index (κ1) is 12.9. The largest absolute Gasteiger partial charge is 0.396 e. The van der Waals surface area contributed by atoms with E-state index in [1.807, 2.05) is 36.7 Å².